The molecule has 4 heteroatoms. The van der Waals surface area contributed by atoms with Gasteiger partial charge in [-0.05, 0) is 38.2 Å². The van der Waals surface area contributed by atoms with Crippen molar-refractivity contribution in [2.75, 3.05) is 0 Å². The Morgan fingerprint density at radius 3 is 2.56 bits per heavy atom. The second-order valence-electron chi connectivity index (χ2n) is 4.57. The highest BCUT2D eigenvalue weighted by Crippen LogP contribution is 2.29. The quantitative estimate of drug-likeness (QED) is 0.676. The molecule has 1 atom stereocenters. The monoisotopic (exact) mass is 225 g/mol. The first kappa shape index (κ1) is 12.7. The minimum absolute atomic E-state index is 0.315. The van der Waals surface area contributed by atoms with Gasteiger partial charge >= 0.3 is 5.97 Å². The van der Waals surface area contributed by atoms with Crippen molar-refractivity contribution in [3.05, 3.63) is 12.2 Å². The van der Waals surface area contributed by atoms with Crippen molar-refractivity contribution in [2.45, 2.75) is 45.1 Å². The Labute approximate surface area is 95.7 Å². The van der Waals surface area contributed by atoms with Crippen LogP contribution in [-0.4, -0.2) is 22.5 Å². The van der Waals surface area contributed by atoms with Crippen LogP contribution in [0.5, 0.6) is 0 Å². The molecule has 1 aliphatic rings. The van der Waals surface area contributed by atoms with Gasteiger partial charge in [0.05, 0.1) is 0 Å². The summed E-state index contributed by atoms with van der Waals surface area (Å²) < 4.78 is 0. The second kappa shape index (κ2) is 5.14. The number of carboxylic acid groups (broad SMARTS) is 1. The highest BCUT2D eigenvalue weighted by molar-refractivity contribution is 5.92. The fraction of sp³-hybridized carbons (Fsp3) is 0.667. The summed E-state index contributed by atoms with van der Waals surface area (Å²) in [6, 6.07) is 0. The minimum Gasteiger partial charge on any atom is -0.480 e. The molecule has 0 aromatic heterocycles. The van der Waals surface area contributed by atoms with Crippen LogP contribution in [0.3, 0.4) is 0 Å². The zero-order valence-electron chi connectivity index (χ0n) is 9.82. The van der Waals surface area contributed by atoms with E-state index in [2.05, 4.69) is 5.32 Å². The van der Waals surface area contributed by atoms with E-state index in [9.17, 15) is 9.59 Å². The molecule has 0 bridgehead atoms. The van der Waals surface area contributed by atoms with Crippen LogP contribution in [0.15, 0.2) is 12.2 Å². The lowest BCUT2D eigenvalue weighted by atomic mass is 9.96. The van der Waals surface area contributed by atoms with Crippen molar-refractivity contribution in [1.29, 1.82) is 0 Å². The number of hydrogen-bond acceptors (Lipinski definition) is 2. The number of rotatable bonds is 6. The van der Waals surface area contributed by atoms with Crippen LogP contribution in [0.25, 0.3) is 0 Å². The van der Waals surface area contributed by atoms with Gasteiger partial charge in [0.15, 0.2) is 0 Å². The third kappa shape index (κ3) is 3.68. The third-order valence-electron chi connectivity index (χ3n) is 2.76. The lowest BCUT2D eigenvalue weighted by Gasteiger charge is -2.24. The maximum absolute atomic E-state index is 11.5. The summed E-state index contributed by atoms with van der Waals surface area (Å²) >= 11 is 0. The van der Waals surface area contributed by atoms with E-state index in [-0.39, 0.29) is 5.91 Å². The maximum Gasteiger partial charge on any atom is 0.329 e. The van der Waals surface area contributed by atoms with Crippen molar-refractivity contribution < 1.29 is 14.7 Å². The van der Waals surface area contributed by atoms with E-state index in [1.165, 1.54) is 6.08 Å². The molecule has 4 nitrogen and oxygen atoms in total. The Morgan fingerprint density at radius 1 is 1.50 bits per heavy atom. The molecular formula is C12H19NO3. The highest BCUT2D eigenvalue weighted by Gasteiger charge is 2.33. The van der Waals surface area contributed by atoms with E-state index in [0.29, 0.717) is 12.3 Å². The Kier molecular flexibility index (Phi) is 4.10. The number of carboxylic acids is 1. The van der Waals surface area contributed by atoms with E-state index >= 15 is 0 Å². The zero-order valence-corrected chi connectivity index (χ0v) is 9.82. The standard InChI is InChI=1S/C12H19NO3/c1-3-8-12(2,11(15)16)13-10(14)7-6-9-4-5-9/h6-7,9H,3-5,8H2,1-2H3,(H,13,14)(H,15,16)/b7-6+. The molecule has 1 aliphatic carbocycles. The molecule has 0 aromatic carbocycles. The average molecular weight is 225 g/mol. The Bertz CT molecular complexity index is 307. The van der Waals surface area contributed by atoms with Crippen LogP contribution < -0.4 is 5.32 Å². The van der Waals surface area contributed by atoms with Gasteiger partial charge in [0.2, 0.25) is 5.91 Å². The molecule has 0 spiro atoms. The number of carbonyl (C=O) groups is 2. The van der Waals surface area contributed by atoms with Crippen molar-refractivity contribution >= 4 is 11.9 Å². The fourth-order valence-electron chi connectivity index (χ4n) is 1.55. The summed E-state index contributed by atoms with van der Waals surface area (Å²) in [6.07, 6.45) is 6.72. The number of aliphatic carboxylic acids is 1. The molecule has 1 saturated carbocycles. The number of nitrogens with one attached hydrogen (secondary N) is 1. The van der Waals surface area contributed by atoms with Gasteiger partial charge in [0.1, 0.15) is 5.54 Å². The molecule has 1 rings (SSSR count). The summed E-state index contributed by atoms with van der Waals surface area (Å²) in [4.78, 5) is 22.6. The SMILES string of the molecule is CCCC(C)(NC(=O)/C=C/C1CC1)C(=O)O. The first-order valence-electron chi connectivity index (χ1n) is 5.71. The van der Waals surface area contributed by atoms with E-state index < -0.39 is 11.5 Å². The van der Waals surface area contributed by atoms with Gasteiger partial charge in [0.25, 0.3) is 0 Å². The lowest BCUT2D eigenvalue weighted by molar-refractivity contribution is -0.146. The number of carbonyl (C=O) groups excluding carboxylic acids is 1. The van der Waals surface area contributed by atoms with Gasteiger partial charge < -0.3 is 10.4 Å². The highest BCUT2D eigenvalue weighted by atomic mass is 16.4. The molecule has 90 valence electrons. The van der Waals surface area contributed by atoms with Crippen LogP contribution in [0.1, 0.15) is 39.5 Å². The van der Waals surface area contributed by atoms with E-state index in [1.54, 1.807) is 6.92 Å². The van der Waals surface area contributed by atoms with E-state index in [0.717, 1.165) is 19.3 Å². The first-order chi connectivity index (χ1) is 7.48. The van der Waals surface area contributed by atoms with Crippen molar-refractivity contribution in [1.82, 2.24) is 5.32 Å². The third-order valence-corrected chi connectivity index (χ3v) is 2.76. The van der Waals surface area contributed by atoms with Crippen LogP contribution in [0.4, 0.5) is 0 Å². The molecular weight excluding hydrogens is 206 g/mol. The van der Waals surface area contributed by atoms with Gasteiger partial charge in [-0.2, -0.15) is 0 Å². The summed E-state index contributed by atoms with van der Waals surface area (Å²) in [6.45, 7) is 3.44. The smallest absolute Gasteiger partial charge is 0.329 e. The van der Waals surface area contributed by atoms with Gasteiger partial charge in [-0.3, -0.25) is 4.79 Å². The predicted molar refractivity (Wildman–Crippen MR) is 61.0 cm³/mol. The summed E-state index contributed by atoms with van der Waals surface area (Å²) in [5, 5.41) is 11.6. The van der Waals surface area contributed by atoms with Crippen LogP contribution in [0, 0.1) is 5.92 Å². The van der Waals surface area contributed by atoms with Gasteiger partial charge in [-0.15, -0.1) is 0 Å². The van der Waals surface area contributed by atoms with Crippen molar-refractivity contribution in [2.24, 2.45) is 5.92 Å². The van der Waals surface area contributed by atoms with Crippen molar-refractivity contribution in [3.8, 4) is 0 Å². The molecule has 1 amide bonds. The fourth-order valence-corrected chi connectivity index (χ4v) is 1.55. The summed E-state index contributed by atoms with van der Waals surface area (Å²) in [7, 11) is 0. The zero-order chi connectivity index (χ0) is 12.2. The number of hydrogen-bond donors (Lipinski definition) is 2. The first-order valence-corrected chi connectivity index (χ1v) is 5.71. The molecule has 2 N–H and O–H groups in total. The summed E-state index contributed by atoms with van der Waals surface area (Å²) in [5.74, 6) is -0.777. The molecule has 0 radical (unpaired) electrons. The second-order valence-corrected chi connectivity index (χ2v) is 4.57. The molecule has 1 fully saturated rings. The van der Waals surface area contributed by atoms with Gasteiger partial charge in [-0.25, -0.2) is 4.79 Å². The summed E-state index contributed by atoms with van der Waals surface area (Å²) in [5.41, 5.74) is -1.15. The molecule has 0 saturated heterocycles. The van der Waals surface area contributed by atoms with E-state index in [1.807, 2.05) is 13.0 Å². The Balaban J connectivity index is 2.52. The van der Waals surface area contributed by atoms with Gasteiger partial charge in [-0.1, -0.05) is 19.4 Å². The topological polar surface area (TPSA) is 66.4 Å². The maximum atomic E-state index is 11.5. The normalized spacial score (nSPS) is 19.4. The Hall–Kier alpha value is -1.32. The van der Waals surface area contributed by atoms with Crippen molar-refractivity contribution in [3.63, 3.8) is 0 Å². The molecule has 1 unspecified atom stereocenters. The predicted octanol–water partition coefficient (Wildman–Crippen LogP) is 1.71. The van der Waals surface area contributed by atoms with Crippen LogP contribution >= 0.6 is 0 Å². The van der Waals surface area contributed by atoms with E-state index in [4.69, 9.17) is 5.11 Å². The molecule has 0 aromatic rings. The molecule has 0 heterocycles. The van der Waals surface area contributed by atoms with Crippen LogP contribution in [-0.2, 0) is 9.59 Å². The van der Waals surface area contributed by atoms with Crippen LogP contribution in [0.2, 0.25) is 0 Å². The van der Waals surface area contributed by atoms with Gasteiger partial charge in [0, 0.05) is 0 Å². The molecule has 16 heavy (non-hydrogen) atoms. The lowest BCUT2D eigenvalue weighted by Crippen LogP contribution is -2.51. The molecule has 0 aliphatic heterocycles. The largest absolute Gasteiger partial charge is 0.480 e. The average Bonchev–Trinajstić information content (AvgIpc) is 2.98. The number of allylic oxidation sites excluding steroid dienone is 1. The Morgan fingerprint density at radius 2 is 2.12 bits per heavy atom. The number of amides is 1. The minimum atomic E-state index is -1.15.